The maximum Gasteiger partial charge on any atom is 0.338 e. The summed E-state index contributed by atoms with van der Waals surface area (Å²) >= 11 is 5.77. The van der Waals surface area contributed by atoms with E-state index in [2.05, 4.69) is 4.98 Å². The van der Waals surface area contributed by atoms with Crippen LogP contribution in [0.3, 0.4) is 0 Å². The minimum Gasteiger partial charge on any atom is -0.494 e. The Bertz CT molecular complexity index is 656. The maximum absolute atomic E-state index is 11.1. The first-order valence-electron chi connectivity index (χ1n) is 6.15. The molecule has 104 valence electrons. The minimum atomic E-state index is -1.09. The molecule has 0 amide bonds. The van der Waals surface area contributed by atoms with E-state index in [0.717, 1.165) is 16.9 Å². The van der Waals surface area contributed by atoms with Crippen molar-refractivity contribution < 1.29 is 14.6 Å². The molecule has 1 aromatic carbocycles. The van der Waals surface area contributed by atoms with Crippen molar-refractivity contribution in [1.82, 2.24) is 4.98 Å². The van der Waals surface area contributed by atoms with E-state index in [0.29, 0.717) is 12.2 Å². The first kappa shape index (κ1) is 14.3. The standard InChI is InChI=1S/C15H14ClNO3/c1-3-20-11-4-5-12(9(2)6-11)10-7-13(15(18)19)14(16)17-8-10/h4-8H,3H2,1-2H3,(H,18,19). The van der Waals surface area contributed by atoms with Gasteiger partial charge in [-0.25, -0.2) is 9.78 Å². The van der Waals surface area contributed by atoms with Crippen LogP contribution in [0, 0.1) is 6.92 Å². The first-order chi connectivity index (χ1) is 9.52. The van der Waals surface area contributed by atoms with E-state index >= 15 is 0 Å². The second-order valence-corrected chi connectivity index (χ2v) is 4.64. The minimum absolute atomic E-state index is 0.00236. The summed E-state index contributed by atoms with van der Waals surface area (Å²) in [6.45, 7) is 4.46. The number of carbonyl (C=O) groups is 1. The van der Waals surface area contributed by atoms with Crippen molar-refractivity contribution in [3.63, 3.8) is 0 Å². The Kier molecular flexibility index (Phi) is 4.25. The lowest BCUT2D eigenvalue weighted by Crippen LogP contribution is -2.00. The zero-order valence-electron chi connectivity index (χ0n) is 11.2. The van der Waals surface area contributed by atoms with Crippen LogP contribution in [0.1, 0.15) is 22.8 Å². The van der Waals surface area contributed by atoms with Crippen LogP contribution in [0.4, 0.5) is 0 Å². The summed E-state index contributed by atoms with van der Waals surface area (Å²) in [6, 6.07) is 7.17. The largest absolute Gasteiger partial charge is 0.494 e. The van der Waals surface area contributed by atoms with Crippen LogP contribution in [-0.4, -0.2) is 22.7 Å². The van der Waals surface area contributed by atoms with Gasteiger partial charge in [-0.1, -0.05) is 17.7 Å². The number of halogens is 1. The van der Waals surface area contributed by atoms with E-state index in [1.807, 2.05) is 32.0 Å². The van der Waals surface area contributed by atoms with Gasteiger partial charge in [-0.3, -0.25) is 0 Å². The second kappa shape index (κ2) is 5.92. The summed E-state index contributed by atoms with van der Waals surface area (Å²) in [5.41, 5.74) is 2.60. The topological polar surface area (TPSA) is 59.4 Å². The molecule has 5 heteroatoms. The Hall–Kier alpha value is -2.07. The van der Waals surface area contributed by atoms with Gasteiger partial charge in [0.15, 0.2) is 0 Å². The number of rotatable bonds is 4. The molecule has 0 saturated carbocycles. The van der Waals surface area contributed by atoms with Gasteiger partial charge in [-0.2, -0.15) is 0 Å². The Balaban J connectivity index is 2.46. The first-order valence-corrected chi connectivity index (χ1v) is 6.53. The van der Waals surface area contributed by atoms with E-state index in [-0.39, 0.29) is 10.7 Å². The molecule has 20 heavy (non-hydrogen) atoms. The molecular weight excluding hydrogens is 278 g/mol. The molecule has 0 radical (unpaired) electrons. The number of aromatic nitrogens is 1. The Morgan fingerprint density at radius 2 is 2.15 bits per heavy atom. The highest BCUT2D eigenvalue weighted by Crippen LogP contribution is 2.28. The molecule has 0 bridgehead atoms. The Morgan fingerprint density at radius 3 is 2.75 bits per heavy atom. The van der Waals surface area contributed by atoms with Gasteiger partial charge in [0.1, 0.15) is 10.9 Å². The van der Waals surface area contributed by atoms with Crippen molar-refractivity contribution in [1.29, 1.82) is 0 Å². The van der Waals surface area contributed by atoms with Crippen molar-refractivity contribution in [3.8, 4) is 16.9 Å². The summed E-state index contributed by atoms with van der Waals surface area (Å²) in [6.07, 6.45) is 1.57. The Labute approximate surface area is 122 Å². The van der Waals surface area contributed by atoms with Crippen molar-refractivity contribution >= 4 is 17.6 Å². The number of aromatic carboxylic acids is 1. The van der Waals surface area contributed by atoms with E-state index in [1.165, 1.54) is 6.07 Å². The van der Waals surface area contributed by atoms with Gasteiger partial charge in [-0.15, -0.1) is 0 Å². The Morgan fingerprint density at radius 1 is 1.40 bits per heavy atom. The summed E-state index contributed by atoms with van der Waals surface area (Å²) in [4.78, 5) is 15.0. The molecule has 0 aliphatic carbocycles. The molecule has 1 N–H and O–H groups in total. The number of ether oxygens (including phenoxy) is 1. The van der Waals surface area contributed by atoms with Gasteiger partial charge < -0.3 is 9.84 Å². The fourth-order valence-corrected chi connectivity index (χ4v) is 2.15. The monoisotopic (exact) mass is 291 g/mol. The van der Waals surface area contributed by atoms with Crippen LogP contribution in [0.5, 0.6) is 5.75 Å². The van der Waals surface area contributed by atoms with Gasteiger partial charge in [0.25, 0.3) is 0 Å². The smallest absolute Gasteiger partial charge is 0.338 e. The van der Waals surface area contributed by atoms with Crippen LogP contribution in [0.2, 0.25) is 5.15 Å². The van der Waals surface area contributed by atoms with Gasteiger partial charge >= 0.3 is 5.97 Å². The third-order valence-electron chi connectivity index (χ3n) is 2.89. The lowest BCUT2D eigenvalue weighted by molar-refractivity contribution is 0.0696. The summed E-state index contributed by atoms with van der Waals surface area (Å²) in [5, 5.41) is 9.07. The number of pyridine rings is 1. The molecule has 4 nitrogen and oxygen atoms in total. The zero-order valence-corrected chi connectivity index (χ0v) is 11.9. The van der Waals surface area contributed by atoms with E-state index in [1.54, 1.807) is 6.20 Å². The van der Waals surface area contributed by atoms with Crippen molar-refractivity contribution in [2.75, 3.05) is 6.61 Å². The highest BCUT2D eigenvalue weighted by Gasteiger charge is 2.13. The quantitative estimate of drug-likeness (QED) is 0.870. The number of benzene rings is 1. The molecule has 0 unspecified atom stereocenters. The number of carboxylic acids is 1. The molecule has 2 rings (SSSR count). The fraction of sp³-hybridized carbons (Fsp3) is 0.200. The molecule has 2 aromatic rings. The van der Waals surface area contributed by atoms with E-state index in [4.69, 9.17) is 21.4 Å². The van der Waals surface area contributed by atoms with Crippen molar-refractivity contribution in [2.45, 2.75) is 13.8 Å². The molecule has 0 saturated heterocycles. The average Bonchev–Trinajstić information content (AvgIpc) is 2.40. The predicted octanol–water partition coefficient (Wildman–Crippen LogP) is 3.81. The van der Waals surface area contributed by atoms with Crippen molar-refractivity contribution in [2.24, 2.45) is 0 Å². The molecule has 0 aliphatic rings. The molecule has 0 fully saturated rings. The predicted molar refractivity (Wildman–Crippen MR) is 77.5 cm³/mol. The molecule has 0 spiro atoms. The van der Waals surface area contributed by atoms with Crippen LogP contribution in [-0.2, 0) is 0 Å². The lowest BCUT2D eigenvalue weighted by Gasteiger charge is -2.10. The lowest BCUT2D eigenvalue weighted by atomic mass is 10.0. The van der Waals surface area contributed by atoms with Gasteiger partial charge in [0, 0.05) is 11.8 Å². The molecule has 0 aliphatic heterocycles. The number of hydrogen-bond donors (Lipinski definition) is 1. The van der Waals surface area contributed by atoms with Gasteiger partial charge in [-0.05, 0) is 43.2 Å². The highest BCUT2D eigenvalue weighted by molar-refractivity contribution is 6.32. The molecule has 1 aromatic heterocycles. The van der Waals surface area contributed by atoms with Crippen LogP contribution < -0.4 is 4.74 Å². The summed E-state index contributed by atoms with van der Waals surface area (Å²) in [5.74, 6) is -0.304. The molecule has 1 heterocycles. The average molecular weight is 292 g/mol. The summed E-state index contributed by atoms with van der Waals surface area (Å²) in [7, 11) is 0. The van der Waals surface area contributed by atoms with E-state index < -0.39 is 5.97 Å². The third-order valence-corrected chi connectivity index (χ3v) is 3.19. The van der Waals surface area contributed by atoms with Crippen LogP contribution in [0.25, 0.3) is 11.1 Å². The molecular formula is C15H14ClNO3. The SMILES string of the molecule is CCOc1ccc(-c2cnc(Cl)c(C(=O)O)c2)c(C)c1. The van der Waals surface area contributed by atoms with Crippen LogP contribution in [0.15, 0.2) is 30.5 Å². The van der Waals surface area contributed by atoms with Crippen molar-refractivity contribution in [3.05, 3.63) is 46.7 Å². The third kappa shape index (κ3) is 2.91. The number of hydrogen-bond acceptors (Lipinski definition) is 3. The molecule has 0 atom stereocenters. The van der Waals surface area contributed by atoms with Gasteiger partial charge in [0.2, 0.25) is 0 Å². The number of carboxylic acid groups (broad SMARTS) is 1. The second-order valence-electron chi connectivity index (χ2n) is 4.28. The number of aryl methyl sites for hydroxylation is 1. The van der Waals surface area contributed by atoms with Gasteiger partial charge in [0.05, 0.1) is 12.2 Å². The summed E-state index contributed by atoms with van der Waals surface area (Å²) < 4.78 is 5.43. The normalized spacial score (nSPS) is 10.3. The zero-order chi connectivity index (χ0) is 14.7. The number of nitrogens with zero attached hydrogens (tertiary/aromatic N) is 1. The highest BCUT2D eigenvalue weighted by atomic mass is 35.5. The fourth-order valence-electron chi connectivity index (χ4n) is 1.96. The van der Waals surface area contributed by atoms with E-state index in [9.17, 15) is 4.79 Å². The van der Waals surface area contributed by atoms with Crippen LogP contribution >= 0.6 is 11.6 Å². The maximum atomic E-state index is 11.1.